The van der Waals surface area contributed by atoms with Crippen molar-refractivity contribution in [1.82, 2.24) is 9.97 Å². The summed E-state index contributed by atoms with van der Waals surface area (Å²) in [7, 11) is 0. The number of aromatic nitrogens is 2. The van der Waals surface area contributed by atoms with Crippen LogP contribution < -0.4 is 5.32 Å². The molecule has 0 saturated carbocycles. The number of aromatic amines is 1. The molecule has 0 atom stereocenters. The number of ketones is 1. The minimum absolute atomic E-state index is 0.0666. The predicted molar refractivity (Wildman–Crippen MR) is 104 cm³/mol. The van der Waals surface area contributed by atoms with Gasteiger partial charge in [0.15, 0.2) is 5.78 Å². The van der Waals surface area contributed by atoms with Crippen molar-refractivity contribution in [2.75, 3.05) is 5.32 Å². The van der Waals surface area contributed by atoms with Gasteiger partial charge in [0.2, 0.25) is 0 Å². The molecule has 0 unspecified atom stereocenters. The quantitative estimate of drug-likeness (QED) is 0.661. The first-order valence-electron chi connectivity index (χ1n) is 8.55. The third-order valence-corrected chi connectivity index (χ3v) is 3.73. The largest absolute Gasteiger partial charge is 0.444 e. The summed E-state index contributed by atoms with van der Waals surface area (Å²) in [5.41, 5.74) is 2.97. The zero-order valence-corrected chi connectivity index (χ0v) is 15.4. The molecule has 3 rings (SSSR count). The molecule has 1 amide bonds. The van der Waals surface area contributed by atoms with Gasteiger partial charge in [-0.25, -0.2) is 4.79 Å². The SMILES string of the molecule is CC(C)(C)OC(=O)Nc1ccc(-c2cc(C(=O)c3ccncc3)c[nH]2)cc1. The van der Waals surface area contributed by atoms with Crippen molar-refractivity contribution in [2.45, 2.75) is 26.4 Å². The van der Waals surface area contributed by atoms with E-state index in [1.165, 1.54) is 0 Å². The van der Waals surface area contributed by atoms with Crippen LogP contribution in [0.25, 0.3) is 11.3 Å². The van der Waals surface area contributed by atoms with E-state index < -0.39 is 11.7 Å². The topological polar surface area (TPSA) is 84.1 Å². The first-order chi connectivity index (χ1) is 12.8. The van der Waals surface area contributed by atoms with E-state index in [1.807, 2.05) is 32.9 Å². The molecule has 3 aromatic rings. The lowest BCUT2D eigenvalue weighted by atomic mass is 10.1. The molecule has 0 aliphatic heterocycles. The molecule has 27 heavy (non-hydrogen) atoms. The molecule has 0 radical (unpaired) electrons. The monoisotopic (exact) mass is 363 g/mol. The second-order valence-corrected chi connectivity index (χ2v) is 7.07. The van der Waals surface area contributed by atoms with Gasteiger partial charge in [0, 0.05) is 41.1 Å². The van der Waals surface area contributed by atoms with Crippen LogP contribution in [0.5, 0.6) is 0 Å². The van der Waals surface area contributed by atoms with Crippen LogP contribution in [0.1, 0.15) is 36.7 Å². The number of carbonyl (C=O) groups excluding carboxylic acids is 2. The number of hydrogen-bond donors (Lipinski definition) is 2. The van der Waals surface area contributed by atoms with Gasteiger partial charge < -0.3 is 9.72 Å². The number of H-pyrrole nitrogens is 1. The van der Waals surface area contributed by atoms with Crippen LogP contribution in [0.15, 0.2) is 61.1 Å². The number of anilines is 1. The van der Waals surface area contributed by atoms with Gasteiger partial charge in [-0.3, -0.25) is 15.1 Å². The van der Waals surface area contributed by atoms with E-state index in [0.29, 0.717) is 16.8 Å². The molecule has 0 aliphatic rings. The summed E-state index contributed by atoms with van der Waals surface area (Å²) in [5, 5.41) is 2.69. The van der Waals surface area contributed by atoms with E-state index >= 15 is 0 Å². The van der Waals surface area contributed by atoms with Crippen molar-refractivity contribution in [3.05, 3.63) is 72.2 Å². The first kappa shape index (κ1) is 18.4. The molecule has 2 heterocycles. The van der Waals surface area contributed by atoms with E-state index in [4.69, 9.17) is 4.74 Å². The number of hydrogen-bond acceptors (Lipinski definition) is 4. The average molecular weight is 363 g/mol. The van der Waals surface area contributed by atoms with Gasteiger partial charge in [-0.05, 0) is 56.7 Å². The Morgan fingerprint density at radius 3 is 2.30 bits per heavy atom. The molecule has 6 nitrogen and oxygen atoms in total. The number of benzene rings is 1. The maximum atomic E-state index is 12.5. The van der Waals surface area contributed by atoms with Crippen LogP contribution in [-0.2, 0) is 4.74 Å². The fraction of sp³-hybridized carbons (Fsp3) is 0.190. The van der Waals surface area contributed by atoms with Gasteiger partial charge in [0.25, 0.3) is 0 Å². The highest BCUT2D eigenvalue weighted by Crippen LogP contribution is 2.23. The van der Waals surface area contributed by atoms with Crippen LogP contribution >= 0.6 is 0 Å². The molecule has 0 spiro atoms. The predicted octanol–water partition coefficient (Wildman–Crippen LogP) is 4.65. The Morgan fingerprint density at radius 1 is 1.00 bits per heavy atom. The fourth-order valence-electron chi connectivity index (χ4n) is 2.52. The lowest BCUT2D eigenvalue weighted by molar-refractivity contribution is 0.0635. The molecular formula is C21H21N3O3. The van der Waals surface area contributed by atoms with Gasteiger partial charge in [0.1, 0.15) is 5.60 Å². The highest BCUT2D eigenvalue weighted by Gasteiger charge is 2.16. The first-order valence-corrected chi connectivity index (χ1v) is 8.55. The van der Waals surface area contributed by atoms with E-state index in [-0.39, 0.29) is 5.78 Å². The number of carbonyl (C=O) groups is 2. The van der Waals surface area contributed by atoms with E-state index in [0.717, 1.165) is 11.3 Å². The summed E-state index contributed by atoms with van der Waals surface area (Å²) in [6, 6.07) is 12.5. The molecule has 0 saturated heterocycles. The zero-order chi connectivity index (χ0) is 19.4. The van der Waals surface area contributed by atoms with E-state index in [1.54, 1.807) is 48.9 Å². The van der Waals surface area contributed by atoms with Gasteiger partial charge in [-0.15, -0.1) is 0 Å². The van der Waals surface area contributed by atoms with Crippen LogP contribution in [-0.4, -0.2) is 27.4 Å². The highest BCUT2D eigenvalue weighted by molar-refractivity contribution is 6.09. The van der Waals surface area contributed by atoms with Gasteiger partial charge in [-0.1, -0.05) is 12.1 Å². The molecule has 2 N–H and O–H groups in total. The van der Waals surface area contributed by atoms with Crippen LogP contribution in [0.2, 0.25) is 0 Å². The number of pyridine rings is 1. The Hall–Kier alpha value is -3.41. The smallest absolute Gasteiger partial charge is 0.412 e. The maximum Gasteiger partial charge on any atom is 0.412 e. The minimum atomic E-state index is -0.550. The number of amides is 1. The van der Waals surface area contributed by atoms with E-state index in [9.17, 15) is 9.59 Å². The van der Waals surface area contributed by atoms with E-state index in [2.05, 4.69) is 15.3 Å². The third-order valence-electron chi connectivity index (χ3n) is 3.73. The Balaban J connectivity index is 1.70. The molecule has 6 heteroatoms. The number of nitrogens with zero attached hydrogens (tertiary/aromatic N) is 1. The van der Waals surface area contributed by atoms with Crippen LogP contribution in [0.4, 0.5) is 10.5 Å². The second kappa shape index (κ2) is 7.45. The molecule has 0 bridgehead atoms. The Labute approximate surface area is 157 Å². The molecule has 0 aliphatic carbocycles. The minimum Gasteiger partial charge on any atom is -0.444 e. The number of ether oxygens (including phenoxy) is 1. The lowest BCUT2D eigenvalue weighted by Crippen LogP contribution is -2.27. The normalized spacial score (nSPS) is 11.1. The fourth-order valence-corrected chi connectivity index (χ4v) is 2.52. The summed E-state index contributed by atoms with van der Waals surface area (Å²) in [5.74, 6) is -0.0666. The maximum absolute atomic E-state index is 12.5. The molecular weight excluding hydrogens is 342 g/mol. The molecule has 138 valence electrons. The Bertz CT molecular complexity index is 939. The van der Waals surface area contributed by atoms with Crippen LogP contribution in [0.3, 0.4) is 0 Å². The van der Waals surface area contributed by atoms with Crippen molar-refractivity contribution in [3.63, 3.8) is 0 Å². The van der Waals surface area contributed by atoms with Crippen LogP contribution in [0, 0.1) is 0 Å². The summed E-state index contributed by atoms with van der Waals surface area (Å²) < 4.78 is 5.23. The summed E-state index contributed by atoms with van der Waals surface area (Å²) >= 11 is 0. The Kier molecular flexibility index (Phi) is 5.07. The lowest BCUT2D eigenvalue weighted by Gasteiger charge is -2.19. The third kappa shape index (κ3) is 4.82. The zero-order valence-electron chi connectivity index (χ0n) is 15.4. The molecule has 2 aromatic heterocycles. The van der Waals surface area contributed by atoms with Crippen molar-refractivity contribution in [3.8, 4) is 11.3 Å². The van der Waals surface area contributed by atoms with Crippen molar-refractivity contribution < 1.29 is 14.3 Å². The summed E-state index contributed by atoms with van der Waals surface area (Å²) in [6.45, 7) is 5.43. The van der Waals surface area contributed by atoms with Crippen molar-refractivity contribution in [1.29, 1.82) is 0 Å². The average Bonchev–Trinajstić information content (AvgIpc) is 3.11. The number of rotatable bonds is 4. The van der Waals surface area contributed by atoms with Gasteiger partial charge >= 0.3 is 6.09 Å². The van der Waals surface area contributed by atoms with Gasteiger partial charge in [-0.2, -0.15) is 0 Å². The number of nitrogens with one attached hydrogen (secondary N) is 2. The van der Waals surface area contributed by atoms with Crippen molar-refractivity contribution in [2.24, 2.45) is 0 Å². The highest BCUT2D eigenvalue weighted by atomic mass is 16.6. The Morgan fingerprint density at radius 2 is 1.67 bits per heavy atom. The summed E-state index contributed by atoms with van der Waals surface area (Å²) in [6.07, 6.45) is 4.37. The van der Waals surface area contributed by atoms with Crippen molar-refractivity contribution >= 4 is 17.6 Å². The summed E-state index contributed by atoms with van der Waals surface area (Å²) in [4.78, 5) is 31.3. The standard InChI is InChI=1S/C21H21N3O3/c1-21(2,3)27-20(26)24-17-6-4-14(5-7-17)18-12-16(13-23-18)19(25)15-8-10-22-11-9-15/h4-13,23H,1-3H3,(H,24,26). The molecule has 1 aromatic carbocycles. The molecule has 0 fully saturated rings. The van der Waals surface area contributed by atoms with Gasteiger partial charge in [0.05, 0.1) is 0 Å². The second-order valence-electron chi connectivity index (χ2n) is 7.07.